The molecule has 3 nitrogen and oxygen atoms in total. The van der Waals surface area contributed by atoms with Gasteiger partial charge in [-0.25, -0.2) is 0 Å². The largest absolute Gasteiger partial charge is 0.379 e. The predicted molar refractivity (Wildman–Crippen MR) is 65.6 cm³/mol. The molecule has 0 saturated heterocycles. The zero-order chi connectivity index (χ0) is 11.4. The Hall–Kier alpha value is -1.09. The van der Waals surface area contributed by atoms with Gasteiger partial charge in [0, 0.05) is 19.5 Å². The van der Waals surface area contributed by atoms with E-state index in [1.54, 1.807) is 7.11 Å². The monoisotopic (exact) mass is 220 g/mol. The standard InChI is InChI=1S/C13H20N2O/c1-10-7-11(9-14-8-10)15-12-5-3-4-6-13(12)16-2/h7-9,12-13,15H,3-6H2,1-2H3. The number of pyridine rings is 1. The number of hydrogen-bond donors (Lipinski definition) is 1. The van der Waals surface area contributed by atoms with Gasteiger partial charge >= 0.3 is 0 Å². The SMILES string of the molecule is COC1CCCCC1Nc1cncc(C)c1. The van der Waals surface area contributed by atoms with Crippen LogP contribution in [-0.2, 0) is 4.74 Å². The summed E-state index contributed by atoms with van der Waals surface area (Å²) in [4.78, 5) is 4.20. The molecular weight excluding hydrogens is 200 g/mol. The third kappa shape index (κ3) is 2.73. The second-order valence-corrected chi connectivity index (χ2v) is 4.56. The number of rotatable bonds is 3. The average molecular weight is 220 g/mol. The number of aromatic nitrogens is 1. The summed E-state index contributed by atoms with van der Waals surface area (Å²) in [5.41, 5.74) is 2.30. The Kier molecular flexibility index (Phi) is 3.78. The van der Waals surface area contributed by atoms with E-state index in [2.05, 4.69) is 23.3 Å². The van der Waals surface area contributed by atoms with E-state index in [1.807, 2.05) is 12.4 Å². The molecule has 1 N–H and O–H groups in total. The summed E-state index contributed by atoms with van der Waals surface area (Å²) in [5.74, 6) is 0. The summed E-state index contributed by atoms with van der Waals surface area (Å²) in [6.07, 6.45) is 9.02. The van der Waals surface area contributed by atoms with Crippen LogP contribution in [0.25, 0.3) is 0 Å². The van der Waals surface area contributed by atoms with Crippen LogP contribution in [0.1, 0.15) is 31.2 Å². The Morgan fingerprint density at radius 2 is 2.12 bits per heavy atom. The van der Waals surface area contributed by atoms with Crippen molar-refractivity contribution in [3.8, 4) is 0 Å². The van der Waals surface area contributed by atoms with Gasteiger partial charge in [0.15, 0.2) is 0 Å². The Labute approximate surface area is 97.2 Å². The second-order valence-electron chi connectivity index (χ2n) is 4.56. The van der Waals surface area contributed by atoms with E-state index in [0.717, 1.165) is 12.1 Å². The molecule has 1 aliphatic rings. The molecule has 0 aromatic carbocycles. The zero-order valence-corrected chi connectivity index (χ0v) is 10.1. The molecule has 0 bridgehead atoms. The second kappa shape index (κ2) is 5.30. The van der Waals surface area contributed by atoms with Crippen molar-refractivity contribution in [3.63, 3.8) is 0 Å². The van der Waals surface area contributed by atoms with Crippen molar-refractivity contribution in [3.05, 3.63) is 24.0 Å². The minimum atomic E-state index is 0.342. The highest BCUT2D eigenvalue weighted by Gasteiger charge is 2.24. The van der Waals surface area contributed by atoms with Gasteiger partial charge in [0.25, 0.3) is 0 Å². The van der Waals surface area contributed by atoms with Crippen molar-refractivity contribution in [2.75, 3.05) is 12.4 Å². The maximum atomic E-state index is 5.52. The van der Waals surface area contributed by atoms with Gasteiger partial charge in [-0.15, -0.1) is 0 Å². The molecule has 0 amide bonds. The summed E-state index contributed by atoms with van der Waals surface area (Å²) >= 11 is 0. The molecule has 1 aliphatic carbocycles. The Morgan fingerprint density at radius 1 is 1.31 bits per heavy atom. The smallest absolute Gasteiger partial charge is 0.0772 e. The highest BCUT2D eigenvalue weighted by atomic mass is 16.5. The first-order valence-electron chi connectivity index (χ1n) is 6.00. The highest BCUT2D eigenvalue weighted by Crippen LogP contribution is 2.24. The first-order chi connectivity index (χ1) is 7.79. The number of nitrogens with zero attached hydrogens (tertiary/aromatic N) is 1. The van der Waals surface area contributed by atoms with Gasteiger partial charge in [0.2, 0.25) is 0 Å². The summed E-state index contributed by atoms with van der Waals surface area (Å²) in [7, 11) is 1.80. The maximum Gasteiger partial charge on any atom is 0.0772 e. The van der Waals surface area contributed by atoms with Crippen molar-refractivity contribution in [1.82, 2.24) is 4.98 Å². The Balaban J connectivity index is 2.02. The van der Waals surface area contributed by atoms with E-state index in [9.17, 15) is 0 Å². The predicted octanol–water partition coefficient (Wildman–Crippen LogP) is 2.76. The zero-order valence-electron chi connectivity index (χ0n) is 10.1. The van der Waals surface area contributed by atoms with Crippen molar-refractivity contribution < 1.29 is 4.74 Å². The van der Waals surface area contributed by atoms with E-state index >= 15 is 0 Å². The lowest BCUT2D eigenvalue weighted by atomic mass is 9.92. The van der Waals surface area contributed by atoms with Gasteiger partial charge < -0.3 is 10.1 Å². The molecule has 2 rings (SSSR count). The fourth-order valence-corrected chi connectivity index (χ4v) is 2.39. The topological polar surface area (TPSA) is 34.1 Å². The molecule has 3 heteroatoms. The molecule has 0 aliphatic heterocycles. The van der Waals surface area contributed by atoms with Gasteiger partial charge in [-0.05, 0) is 31.4 Å². The van der Waals surface area contributed by atoms with Crippen molar-refractivity contribution in [2.24, 2.45) is 0 Å². The lowest BCUT2D eigenvalue weighted by Crippen LogP contribution is -2.37. The normalized spacial score (nSPS) is 25.4. The van der Waals surface area contributed by atoms with Crippen molar-refractivity contribution in [2.45, 2.75) is 44.8 Å². The number of methoxy groups -OCH3 is 1. The summed E-state index contributed by atoms with van der Waals surface area (Å²) in [6.45, 7) is 2.06. The summed E-state index contributed by atoms with van der Waals surface area (Å²) in [5, 5.41) is 3.54. The van der Waals surface area contributed by atoms with Crippen LogP contribution < -0.4 is 5.32 Å². The number of aryl methyl sites for hydroxylation is 1. The fourth-order valence-electron chi connectivity index (χ4n) is 2.39. The highest BCUT2D eigenvalue weighted by molar-refractivity contribution is 5.43. The molecule has 0 radical (unpaired) electrons. The molecule has 1 aromatic rings. The number of hydrogen-bond acceptors (Lipinski definition) is 3. The van der Waals surface area contributed by atoms with Gasteiger partial charge in [0.1, 0.15) is 0 Å². The van der Waals surface area contributed by atoms with Crippen LogP contribution in [0, 0.1) is 6.92 Å². The minimum Gasteiger partial charge on any atom is -0.379 e. The van der Waals surface area contributed by atoms with Crippen molar-refractivity contribution >= 4 is 5.69 Å². The van der Waals surface area contributed by atoms with Crippen LogP contribution >= 0.6 is 0 Å². The van der Waals surface area contributed by atoms with E-state index < -0.39 is 0 Å². The summed E-state index contributed by atoms with van der Waals surface area (Å²) in [6, 6.07) is 2.57. The molecule has 16 heavy (non-hydrogen) atoms. The van der Waals surface area contributed by atoms with Crippen LogP contribution in [0.5, 0.6) is 0 Å². The average Bonchev–Trinajstić information content (AvgIpc) is 2.30. The molecular formula is C13H20N2O. The lowest BCUT2D eigenvalue weighted by molar-refractivity contribution is 0.0606. The van der Waals surface area contributed by atoms with Gasteiger partial charge in [0.05, 0.1) is 17.8 Å². The van der Waals surface area contributed by atoms with Gasteiger partial charge in [-0.2, -0.15) is 0 Å². The van der Waals surface area contributed by atoms with E-state index in [-0.39, 0.29) is 0 Å². The van der Waals surface area contributed by atoms with Crippen LogP contribution in [0.4, 0.5) is 5.69 Å². The van der Waals surface area contributed by atoms with Crippen molar-refractivity contribution in [1.29, 1.82) is 0 Å². The minimum absolute atomic E-state index is 0.342. The molecule has 0 spiro atoms. The Morgan fingerprint density at radius 3 is 2.88 bits per heavy atom. The molecule has 1 heterocycles. The van der Waals surface area contributed by atoms with Crippen LogP contribution in [0.2, 0.25) is 0 Å². The molecule has 2 atom stereocenters. The summed E-state index contributed by atoms with van der Waals surface area (Å²) < 4.78 is 5.52. The Bertz CT molecular complexity index is 340. The number of nitrogens with one attached hydrogen (secondary N) is 1. The molecule has 1 fully saturated rings. The first-order valence-corrected chi connectivity index (χ1v) is 6.00. The number of ether oxygens (including phenoxy) is 1. The maximum absolute atomic E-state index is 5.52. The van der Waals surface area contributed by atoms with Crippen LogP contribution in [-0.4, -0.2) is 24.2 Å². The van der Waals surface area contributed by atoms with E-state index in [4.69, 9.17) is 4.74 Å². The molecule has 2 unspecified atom stereocenters. The third-order valence-corrected chi connectivity index (χ3v) is 3.23. The number of anilines is 1. The van der Waals surface area contributed by atoms with Gasteiger partial charge in [-0.1, -0.05) is 12.8 Å². The van der Waals surface area contributed by atoms with Gasteiger partial charge in [-0.3, -0.25) is 4.98 Å². The lowest BCUT2D eigenvalue weighted by Gasteiger charge is -2.31. The fraction of sp³-hybridized carbons (Fsp3) is 0.615. The quantitative estimate of drug-likeness (QED) is 0.850. The molecule has 1 aromatic heterocycles. The molecule has 88 valence electrons. The van der Waals surface area contributed by atoms with Crippen LogP contribution in [0.3, 0.4) is 0 Å². The molecule has 1 saturated carbocycles. The van der Waals surface area contributed by atoms with E-state index in [0.29, 0.717) is 12.1 Å². The third-order valence-electron chi connectivity index (χ3n) is 3.23. The van der Waals surface area contributed by atoms with E-state index in [1.165, 1.54) is 24.8 Å². The van der Waals surface area contributed by atoms with Crippen LogP contribution in [0.15, 0.2) is 18.5 Å². The first kappa shape index (κ1) is 11.4.